The highest BCUT2D eigenvalue weighted by molar-refractivity contribution is 6.31. The molecular weight excluding hydrogens is 317 g/mol. The van der Waals surface area contributed by atoms with E-state index in [1.807, 2.05) is 31.2 Å². The maximum atomic E-state index is 13.1. The van der Waals surface area contributed by atoms with Gasteiger partial charge in [-0.05, 0) is 48.7 Å². The van der Waals surface area contributed by atoms with Crippen molar-refractivity contribution in [3.63, 3.8) is 0 Å². The highest BCUT2D eigenvalue weighted by Crippen LogP contribution is 2.20. The molecule has 0 saturated carbocycles. The number of carbonyl (C=O) groups excluding carboxylic acids is 1. The summed E-state index contributed by atoms with van der Waals surface area (Å²) in [6, 6.07) is 11.7. The summed E-state index contributed by atoms with van der Waals surface area (Å²) in [5, 5.41) is 2.65. The number of amides is 1. The molecule has 122 valence electrons. The van der Waals surface area contributed by atoms with E-state index in [2.05, 4.69) is 12.2 Å². The van der Waals surface area contributed by atoms with Crippen LogP contribution in [-0.2, 0) is 11.2 Å². The summed E-state index contributed by atoms with van der Waals surface area (Å²) >= 11 is 5.71. The summed E-state index contributed by atoms with van der Waals surface area (Å²) < 4.78 is 18.9. The highest BCUT2D eigenvalue weighted by Gasteiger charge is 2.19. The van der Waals surface area contributed by atoms with E-state index >= 15 is 0 Å². The smallest absolute Gasteiger partial charge is 0.265 e. The second kappa shape index (κ2) is 7.97. The fourth-order valence-electron chi connectivity index (χ4n) is 2.09. The summed E-state index contributed by atoms with van der Waals surface area (Å²) in [6.07, 6.45) is 0.825. The van der Waals surface area contributed by atoms with Crippen molar-refractivity contribution in [2.24, 2.45) is 0 Å². The maximum Gasteiger partial charge on any atom is 0.265 e. The third kappa shape index (κ3) is 4.70. The molecule has 2 aromatic carbocycles. The van der Waals surface area contributed by atoms with Crippen molar-refractivity contribution in [2.75, 3.05) is 5.32 Å². The lowest BCUT2D eigenvalue weighted by molar-refractivity contribution is -0.122. The molecule has 1 N–H and O–H groups in total. The number of carbonyl (C=O) groups is 1. The van der Waals surface area contributed by atoms with Gasteiger partial charge < -0.3 is 10.1 Å². The standard InChI is InChI=1S/C18H19ClFNO2/c1-3-12-5-8-14(9-6-12)23-17(4-2)18(22)21-13-7-10-16(20)15(19)11-13/h5-11,17H,3-4H2,1-2H3,(H,21,22)/t17-/m0/s1. The monoisotopic (exact) mass is 335 g/mol. The van der Waals surface area contributed by atoms with Crippen molar-refractivity contribution in [3.05, 3.63) is 58.9 Å². The average molecular weight is 336 g/mol. The summed E-state index contributed by atoms with van der Waals surface area (Å²) in [6.45, 7) is 3.94. The molecule has 0 aromatic heterocycles. The summed E-state index contributed by atoms with van der Waals surface area (Å²) in [5.41, 5.74) is 1.64. The lowest BCUT2D eigenvalue weighted by Crippen LogP contribution is -2.32. The van der Waals surface area contributed by atoms with Gasteiger partial charge >= 0.3 is 0 Å². The Morgan fingerprint density at radius 1 is 1.22 bits per heavy atom. The Morgan fingerprint density at radius 2 is 1.91 bits per heavy atom. The fraction of sp³-hybridized carbons (Fsp3) is 0.278. The van der Waals surface area contributed by atoms with Crippen LogP contribution in [-0.4, -0.2) is 12.0 Å². The van der Waals surface area contributed by atoms with Gasteiger partial charge in [-0.3, -0.25) is 4.79 Å². The Labute approximate surface area is 140 Å². The fourth-order valence-corrected chi connectivity index (χ4v) is 2.27. The number of aryl methyl sites for hydroxylation is 1. The van der Waals surface area contributed by atoms with Crippen LogP contribution in [0.1, 0.15) is 25.8 Å². The second-order valence-electron chi connectivity index (χ2n) is 5.13. The van der Waals surface area contributed by atoms with E-state index in [4.69, 9.17) is 16.3 Å². The number of hydrogen-bond donors (Lipinski definition) is 1. The topological polar surface area (TPSA) is 38.3 Å². The first-order valence-corrected chi connectivity index (χ1v) is 7.92. The molecule has 0 bridgehead atoms. The Hall–Kier alpha value is -2.07. The van der Waals surface area contributed by atoms with Gasteiger partial charge in [0.1, 0.15) is 11.6 Å². The zero-order valence-electron chi connectivity index (χ0n) is 13.1. The minimum Gasteiger partial charge on any atom is -0.481 e. The van der Waals surface area contributed by atoms with Crippen LogP contribution in [0.5, 0.6) is 5.75 Å². The summed E-state index contributed by atoms with van der Waals surface area (Å²) in [4.78, 5) is 12.3. The van der Waals surface area contributed by atoms with Crippen molar-refractivity contribution in [1.82, 2.24) is 0 Å². The largest absolute Gasteiger partial charge is 0.481 e. The first-order valence-electron chi connectivity index (χ1n) is 7.55. The molecule has 5 heteroatoms. The van der Waals surface area contributed by atoms with E-state index in [0.717, 1.165) is 6.42 Å². The number of nitrogens with one attached hydrogen (secondary N) is 1. The normalized spacial score (nSPS) is 11.8. The predicted molar refractivity (Wildman–Crippen MR) is 90.6 cm³/mol. The van der Waals surface area contributed by atoms with Crippen molar-refractivity contribution >= 4 is 23.2 Å². The van der Waals surface area contributed by atoms with Crippen molar-refractivity contribution in [2.45, 2.75) is 32.8 Å². The summed E-state index contributed by atoms with van der Waals surface area (Å²) in [5.74, 6) is -0.181. The van der Waals surface area contributed by atoms with Crippen LogP contribution in [0.3, 0.4) is 0 Å². The number of hydrogen-bond acceptors (Lipinski definition) is 2. The molecular formula is C18H19ClFNO2. The minimum atomic E-state index is -0.633. The van der Waals surface area contributed by atoms with Gasteiger partial charge in [0, 0.05) is 5.69 Å². The van der Waals surface area contributed by atoms with Gasteiger partial charge in [0.05, 0.1) is 5.02 Å². The number of halogens is 2. The first-order chi connectivity index (χ1) is 11.0. The molecule has 0 saturated heterocycles. The maximum absolute atomic E-state index is 13.1. The molecule has 3 nitrogen and oxygen atoms in total. The number of anilines is 1. The Kier molecular flexibility index (Phi) is 5.99. The van der Waals surface area contributed by atoms with Gasteiger partial charge in [-0.1, -0.05) is 37.6 Å². The van der Waals surface area contributed by atoms with E-state index in [1.165, 1.54) is 23.8 Å². The molecule has 23 heavy (non-hydrogen) atoms. The highest BCUT2D eigenvalue weighted by atomic mass is 35.5. The molecule has 0 unspecified atom stereocenters. The lowest BCUT2D eigenvalue weighted by Gasteiger charge is -2.17. The quantitative estimate of drug-likeness (QED) is 0.820. The molecule has 0 aliphatic carbocycles. The van der Waals surface area contributed by atoms with Gasteiger partial charge in [0.2, 0.25) is 0 Å². The number of ether oxygens (including phenoxy) is 1. The molecule has 0 heterocycles. The van der Waals surface area contributed by atoms with E-state index in [9.17, 15) is 9.18 Å². The molecule has 1 atom stereocenters. The molecule has 0 fully saturated rings. The molecule has 0 aliphatic heterocycles. The van der Waals surface area contributed by atoms with E-state index in [-0.39, 0.29) is 10.9 Å². The molecule has 2 aromatic rings. The Bertz CT molecular complexity index is 673. The third-order valence-corrected chi connectivity index (χ3v) is 3.75. The molecule has 1 amide bonds. The van der Waals surface area contributed by atoms with Crippen LogP contribution in [0.15, 0.2) is 42.5 Å². The van der Waals surface area contributed by atoms with Crippen LogP contribution >= 0.6 is 11.6 Å². The number of rotatable bonds is 6. The average Bonchev–Trinajstić information content (AvgIpc) is 2.56. The van der Waals surface area contributed by atoms with Gasteiger partial charge in [-0.15, -0.1) is 0 Å². The van der Waals surface area contributed by atoms with E-state index in [0.29, 0.717) is 17.9 Å². The van der Waals surface area contributed by atoms with Crippen LogP contribution in [0.2, 0.25) is 5.02 Å². The molecule has 2 rings (SSSR count). The number of benzene rings is 2. The van der Waals surface area contributed by atoms with Crippen molar-refractivity contribution < 1.29 is 13.9 Å². The third-order valence-electron chi connectivity index (χ3n) is 3.46. The van der Waals surface area contributed by atoms with Crippen molar-refractivity contribution in [1.29, 1.82) is 0 Å². The second-order valence-corrected chi connectivity index (χ2v) is 5.54. The minimum absolute atomic E-state index is 0.0353. The SMILES string of the molecule is CCc1ccc(O[C@@H](CC)C(=O)Nc2ccc(F)c(Cl)c2)cc1. The Morgan fingerprint density at radius 3 is 2.48 bits per heavy atom. The van der Waals surface area contributed by atoms with Gasteiger partial charge in [-0.2, -0.15) is 0 Å². The van der Waals surface area contributed by atoms with Gasteiger partial charge in [0.15, 0.2) is 6.10 Å². The van der Waals surface area contributed by atoms with E-state index < -0.39 is 11.9 Å². The van der Waals surface area contributed by atoms with Gasteiger partial charge in [-0.25, -0.2) is 4.39 Å². The zero-order chi connectivity index (χ0) is 16.8. The molecule has 0 spiro atoms. The van der Waals surface area contributed by atoms with Gasteiger partial charge in [0.25, 0.3) is 5.91 Å². The van der Waals surface area contributed by atoms with Crippen molar-refractivity contribution in [3.8, 4) is 5.75 Å². The lowest BCUT2D eigenvalue weighted by atomic mass is 10.1. The summed E-state index contributed by atoms with van der Waals surface area (Å²) in [7, 11) is 0. The Balaban J connectivity index is 2.03. The first kappa shape index (κ1) is 17.3. The zero-order valence-corrected chi connectivity index (χ0v) is 13.9. The van der Waals surface area contributed by atoms with Crippen LogP contribution < -0.4 is 10.1 Å². The van der Waals surface area contributed by atoms with Crippen LogP contribution in [0.4, 0.5) is 10.1 Å². The van der Waals surface area contributed by atoms with Crippen LogP contribution in [0, 0.1) is 5.82 Å². The predicted octanol–water partition coefficient (Wildman–Crippen LogP) is 4.84. The van der Waals surface area contributed by atoms with E-state index in [1.54, 1.807) is 0 Å². The molecule has 0 radical (unpaired) electrons. The molecule has 0 aliphatic rings. The van der Waals surface area contributed by atoms with Crippen LogP contribution in [0.25, 0.3) is 0 Å².